The van der Waals surface area contributed by atoms with E-state index in [0.29, 0.717) is 5.56 Å². The van der Waals surface area contributed by atoms with Crippen molar-refractivity contribution in [2.24, 2.45) is 0 Å². The Balaban J connectivity index is 1.94. The topological polar surface area (TPSA) is 78.4 Å². The first-order valence-corrected chi connectivity index (χ1v) is 7.49. The van der Waals surface area contributed by atoms with E-state index in [0.717, 1.165) is 6.07 Å². The lowest BCUT2D eigenvalue weighted by molar-refractivity contribution is -0.136. The molecule has 0 bridgehead atoms. The van der Waals surface area contributed by atoms with Crippen LogP contribution in [0.5, 0.6) is 0 Å². The summed E-state index contributed by atoms with van der Waals surface area (Å²) >= 11 is 5.61. The molecule has 0 radical (unpaired) electrons. The lowest BCUT2D eigenvalue weighted by Crippen LogP contribution is -2.43. The summed E-state index contributed by atoms with van der Waals surface area (Å²) in [6.45, 7) is 1.38. The van der Waals surface area contributed by atoms with Crippen LogP contribution in [0.1, 0.15) is 12.5 Å². The van der Waals surface area contributed by atoms with Crippen LogP contribution in [-0.2, 0) is 15.2 Å². The first kappa shape index (κ1) is 17.9. The number of hydrogen-bond acceptors (Lipinski definition) is 3. The van der Waals surface area contributed by atoms with Gasteiger partial charge in [-0.05, 0) is 30.7 Å². The molecule has 0 aromatic heterocycles. The Morgan fingerprint density at radius 3 is 2.46 bits per heavy atom. The summed E-state index contributed by atoms with van der Waals surface area (Å²) in [6.07, 6.45) is 0. The molecule has 0 aliphatic carbocycles. The zero-order valence-corrected chi connectivity index (χ0v) is 13.6. The number of hydrogen-bond donors (Lipinski definition) is 3. The molecule has 2 aromatic carbocycles. The average molecular weight is 351 g/mol. The number of anilines is 1. The van der Waals surface area contributed by atoms with Gasteiger partial charge in [-0.1, -0.05) is 41.9 Å². The van der Waals surface area contributed by atoms with E-state index in [1.54, 1.807) is 30.3 Å². The van der Waals surface area contributed by atoms with Crippen LogP contribution < -0.4 is 10.6 Å². The predicted molar refractivity (Wildman–Crippen MR) is 89.1 cm³/mol. The van der Waals surface area contributed by atoms with Gasteiger partial charge in [0.1, 0.15) is 11.4 Å². The molecule has 1 atom stereocenters. The van der Waals surface area contributed by atoms with Gasteiger partial charge in [-0.15, -0.1) is 0 Å². The van der Waals surface area contributed by atoms with Crippen LogP contribution >= 0.6 is 11.6 Å². The molecule has 0 aliphatic rings. The number of carbonyl (C=O) groups excluding carboxylic acids is 2. The monoisotopic (exact) mass is 350 g/mol. The first-order valence-electron chi connectivity index (χ1n) is 7.12. The van der Waals surface area contributed by atoms with E-state index >= 15 is 0 Å². The lowest BCUT2D eigenvalue weighted by atomic mass is 9.96. The second-order valence-corrected chi connectivity index (χ2v) is 5.81. The minimum Gasteiger partial charge on any atom is -0.384 e. The fourth-order valence-corrected chi connectivity index (χ4v) is 2.17. The van der Waals surface area contributed by atoms with Gasteiger partial charge in [0.2, 0.25) is 0 Å². The largest absolute Gasteiger partial charge is 0.384 e. The van der Waals surface area contributed by atoms with Crippen molar-refractivity contribution in [2.45, 2.75) is 12.5 Å². The number of aliphatic hydroxyl groups is 1. The minimum atomic E-state index is -1.32. The van der Waals surface area contributed by atoms with Gasteiger partial charge in [0.05, 0.1) is 11.6 Å². The average Bonchev–Trinajstić information content (AvgIpc) is 2.57. The molecule has 1 unspecified atom stereocenters. The maximum absolute atomic E-state index is 13.1. The molecule has 0 heterocycles. The van der Waals surface area contributed by atoms with Crippen LogP contribution in [-0.4, -0.2) is 23.5 Å². The normalized spacial score (nSPS) is 13.0. The Morgan fingerprint density at radius 2 is 1.83 bits per heavy atom. The van der Waals surface area contributed by atoms with E-state index in [1.807, 2.05) is 0 Å². The van der Waals surface area contributed by atoms with Crippen LogP contribution in [0.15, 0.2) is 48.5 Å². The minimum absolute atomic E-state index is 0.145. The number of rotatable bonds is 4. The van der Waals surface area contributed by atoms with Gasteiger partial charge in [0.25, 0.3) is 0 Å². The van der Waals surface area contributed by atoms with E-state index in [9.17, 15) is 19.1 Å². The first-order chi connectivity index (χ1) is 11.3. The smallest absolute Gasteiger partial charge is 0.313 e. The molecule has 2 aromatic rings. The van der Waals surface area contributed by atoms with Crippen molar-refractivity contribution in [1.82, 2.24) is 5.32 Å². The van der Waals surface area contributed by atoms with Crippen molar-refractivity contribution >= 4 is 29.1 Å². The fraction of sp³-hybridized carbons (Fsp3) is 0.176. The molecule has 24 heavy (non-hydrogen) atoms. The molecule has 7 heteroatoms. The number of amides is 2. The number of benzene rings is 2. The van der Waals surface area contributed by atoms with Crippen molar-refractivity contribution < 1.29 is 19.1 Å². The van der Waals surface area contributed by atoms with E-state index in [-0.39, 0.29) is 17.3 Å². The lowest BCUT2D eigenvalue weighted by Gasteiger charge is -2.24. The van der Waals surface area contributed by atoms with Crippen LogP contribution in [0.25, 0.3) is 0 Å². The quantitative estimate of drug-likeness (QED) is 0.741. The summed E-state index contributed by atoms with van der Waals surface area (Å²) in [5.41, 5.74) is -0.525. The summed E-state index contributed by atoms with van der Waals surface area (Å²) in [6, 6.07) is 12.3. The summed E-state index contributed by atoms with van der Waals surface area (Å²) in [5, 5.41) is 14.9. The number of carbonyl (C=O) groups is 2. The van der Waals surface area contributed by atoms with E-state index in [1.165, 1.54) is 19.1 Å². The fourth-order valence-electron chi connectivity index (χ4n) is 1.99. The highest BCUT2D eigenvalue weighted by Crippen LogP contribution is 2.20. The van der Waals surface area contributed by atoms with Gasteiger partial charge >= 0.3 is 11.8 Å². The van der Waals surface area contributed by atoms with Gasteiger partial charge < -0.3 is 15.7 Å². The van der Waals surface area contributed by atoms with Crippen molar-refractivity contribution in [1.29, 1.82) is 0 Å². The molecule has 5 nitrogen and oxygen atoms in total. The van der Waals surface area contributed by atoms with Crippen molar-refractivity contribution in [3.63, 3.8) is 0 Å². The zero-order valence-electron chi connectivity index (χ0n) is 12.8. The third-order valence-electron chi connectivity index (χ3n) is 3.37. The van der Waals surface area contributed by atoms with Crippen LogP contribution in [0.3, 0.4) is 0 Å². The Kier molecular flexibility index (Phi) is 5.54. The molecule has 0 fully saturated rings. The summed E-state index contributed by atoms with van der Waals surface area (Å²) in [5.74, 6) is -2.49. The summed E-state index contributed by atoms with van der Waals surface area (Å²) in [4.78, 5) is 23.7. The second-order valence-electron chi connectivity index (χ2n) is 5.41. The number of halogens is 2. The third kappa shape index (κ3) is 4.53. The molecule has 0 spiro atoms. The Bertz CT molecular complexity index is 751. The Labute approximate surface area is 143 Å². The van der Waals surface area contributed by atoms with Crippen LogP contribution in [0, 0.1) is 5.82 Å². The highest BCUT2D eigenvalue weighted by molar-refractivity contribution is 6.39. The van der Waals surface area contributed by atoms with Crippen LogP contribution in [0.2, 0.25) is 5.02 Å². The molecule has 2 rings (SSSR count). The van der Waals surface area contributed by atoms with Gasteiger partial charge in [-0.25, -0.2) is 4.39 Å². The number of nitrogens with one attached hydrogen (secondary N) is 2. The van der Waals surface area contributed by atoms with Crippen molar-refractivity contribution in [3.8, 4) is 0 Å². The zero-order chi connectivity index (χ0) is 17.7. The summed E-state index contributed by atoms with van der Waals surface area (Å²) < 4.78 is 13.1. The van der Waals surface area contributed by atoms with Gasteiger partial charge in [-0.2, -0.15) is 0 Å². The Morgan fingerprint density at radius 1 is 1.17 bits per heavy atom. The SMILES string of the molecule is CC(O)(CNC(=O)C(=O)Nc1ccc(F)c(Cl)c1)c1ccccc1. The Hall–Kier alpha value is -2.44. The van der Waals surface area contributed by atoms with Gasteiger partial charge in [-0.3, -0.25) is 9.59 Å². The standard InChI is InChI=1S/C17H16ClFN2O3/c1-17(24,11-5-3-2-4-6-11)10-20-15(22)16(23)21-12-7-8-14(19)13(18)9-12/h2-9,24H,10H2,1H3,(H,20,22)(H,21,23). The molecule has 0 saturated carbocycles. The predicted octanol–water partition coefficient (Wildman–Crippen LogP) is 2.44. The maximum Gasteiger partial charge on any atom is 0.313 e. The highest BCUT2D eigenvalue weighted by atomic mass is 35.5. The highest BCUT2D eigenvalue weighted by Gasteiger charge is 2.25. The molecule has 126 valence electrons. The third-order valence-corrected chi connectivity index (χ3v) is 3.66. The molecular formula is C17H16ClFN2O3. The molecule has 3 N–H and O–H groups in total. The molecule has 2 amide bonds. The molecule has 0 saturated heterocycles. The molecular weight excluding hydrogens is 335 g/mol. The summed E-state index contributed by atoms with van der Waals surface area (Å²) in [7, 11) is 0. The van der Waals surface area contributed by atoms with E-state index in [2.05, 4.69) is 10.6 Å². The van der Waals surface area contributed by atoms with E-state index in [4.69, 9.17) is 11.6 Å². The molecule has 0 aliphatic heterocycles. The second kappa shape index (κ2) is 7.42. The van der Waals surface area contributed by atoms with E-state index < -0.39 is 23.2 Å². The van der Waals surface area contributed by atoms with Gasteiger partial charge in [0, 0.05) is 5.69 Å². The van der Waals surface area contributed by atoms with Crippen molar-refractivity contribution in [2.75, 3.05) is 11.9 Å². The van der Waals surface area contributed by atoms with Crippen LogP contribution in [0.4, 0.5) is 10.1 Å². The van der Waals surface area contributed by atoms with Gasteiger partial charge in [0.15, 0.2) is 0 Å². The maximum atomic E-state index is 13.1. The van der Waals surface area contributed by atoms with Crippen molar-refractivity contribution in [3.05, 3.63) is 64.9 Å².